The molecule has 1 heterocycles. The van der Waals surface area contributed by atoms with Crippen LogP contribution in [0.1, 0.15) is 11.1 Å². The maximum Gasteiger partial charge on any atom is 0.182 e. The predicted octanol–water partition coefficient (Wildman–Crippen LogP) is 4.01. The van der Waals surface area contributed by atoms with Crippen molar-refractivity contribution in [2.24, 2.45) is 0 Å². The first-order chi connectivity index (χ1) is 9.61. The first-order valence-electron chi connectivity index (χ1n) is 6.02. The highest BCUT2D eigenvalue weighted by molar-refractivity contribution is 7.71. The zero-order chi connectivity index (χ0) is 14.3. The van der Waals surface area contributed by atoms with Crippen LogP contribution in [0.25, 0.3) is 16.7 Å². The minimum Gasteiger partial charge on any atom is -0.329 e. The van der Waals surface area contributed by atoms with E-state index in [4.69, 9.17) is 17.5 Å². The minimum atomic E-state index is -0.282. The Balaban J connectivity index is 2.41. The summed E-state index contributed by atoms with van der Waals surface area (Å²) in [6.07, 6.45) is 0. The van der Waals surface area contributed by atoms with E-state index in [0.717, 1.165) is 16.8 Å². The molecule has 0 saturated heterocycles. The third kappa shape index (κ3) is 1.82. The number of imidazole rings is 1. The summed E-state index contributed by atoms with van der Waals surface area (Å²) in [5.41, 5.74) is 3.63. The number of nitrogens with zero attached hydrogens (tertiary/aromatic N) is 2. The van der Waals surface area contributed by atoms with Crippen LogP contribution in [0, 0.1) is 28.8 Å². The van der Waals surface area contributed by atoms with Gasteiger partial charge in [-0.15, -0.1) is 0 Å². The second-order valence-corrected chi connectivity index (χ2v) is 4.89. The second-order valence-electron chi connectivity index (χ2n) is 4.51. The fraction of sp³-hybridized carbons (Fsp3) is 0.0667. The van der Waals surface area contributed by atoms with E-state index in [-0.39, 0.29) is 5.82 Å². The Hall–Kier alpha value is -2.45. The summed E-state index contributed by atoms with van der Waals surface area (Å²) >= 11 is 5.34. The molecule has 3 rings (SSSR count). The monoisotopic (exact) mass is 283 g/mol. The van der Waals surface area contributed by atoms with Crippen molar-refractivity contribution in [3.63, 3.8) is 0 Å². The Labute approximate surface area is 119 Å². The van der Waals surface area contributed by atoms with Gasteiger partial charge in [-0.2, -0.15) is 5.26 Å². The van der Waals surface area contributed by atoms with Crippen LogP contribution < -0.4 is 0 Å². The van der Waals surface area contributed by atoms with Crippen LogP contribution in [0.5, 0.6) is 0 Å². The van der Waals surface area contributed by atoms with Crippen molar-refractivity contribution in [1.29, 1.82) is 5.26 Å². The maximum atomic E-state index is 13.2. The third-order valence-corrected chi connectivity index (χ3v) is 3.52. The quantitative estimate of drug-likeness (QED) is 0.686. The van der Waals surface area contributed by atoms with Crippen molar-refractivity contribution in [3.8, 4) is 11.8 Å². The van der Waals surface area contributed by atoms with E-state index in [1.165, 1.54) is 12.1 Å². The van der Waals surface area contributed by atoms with Crippen molar-refractivity contribution < 1.29 is 4.39 Å². The van der Waals surface area contributed by atoms with Crippen molar-refractivity contribution in [1.82, 2.24) is 9.55 Å². The Morgan fingerprint density at radius 2 is 2.10 bits per heavy atom. The number of halogens is 1. The van der Waals surface area contributed by atoms with E-state index in [1.54, 1.807) is 18.2 Å². The fourth-order valence-electron chi connectivity index (χ4n) is 2.33. The lowest BCUT2D eigenvalue weighted by Crippen LogP contribution is -1.97. The van der Waals surface area contributed by atoms with E-state index < -0.39 is 0 Å². The summed E-state index contributed by atoms with van der Waals surface area (Å²) in [5.74, 6) is -0.282. The topological polar surface area (TPSA) is 44.5 Å². The number of nitriles is 1. The van der Waals surface area contributed by atoms with Gasteiger partial charge in [0, 0.05) is 0 Å². The first-order valence-corrected chi connectivity index (χ1v) is 6.43. The third-order valence-electron chi connectivity index (χ3n) is 3.24. The molecular weight excluding hydrogens is 273 g/mol. The number of para-hydroxylation sites is 1. The summed E-state index contributed by atoms with van der Waals surface area (Å²) in [6.45, 7) is 1.83. The number of nitrogens with one attached hydrogen (secondary N) is 1. The molecule has 0 saturated carbocycles. The molecule has 0 aliphatic rings. The van der Waals surface area contributed by atoms with E-state index >= 15 is 0 Å². The highest BCUT2D eigenvalue weighted by Crippen LogP contribution is 2.24. The predicted molar refractivity (Wildman–Crippen MR) is 77.9 cm³/mol. The SMILES string of the molecule is Cc1cc(F)ccc1-n1c(=S)[nH]c2c(C#N)cccc21. The molecule has 1 aromatic heterocycles. The van der Waals surface area contributed by atoms with Gasteiger partial charge >= 0.3 is 0 Å². The van der Waals surface area contributed by atoms with Crippen molar-refractivity contribution in [3.05, 3.63) is 58.1 Å². The Morgan fingerprint density at radius 1 is 1.30 bits per heavy atom. The van der Waals surface area contributed by atoms with Gasteiger partial charge in [0.2, 0.25) is 0 Å². The van der Waals surface area contributed by atoms with Crippen molar-refractivity contribution in [2.75, 3.05) is 0 Å². The molecular formula is C15H10FN3S. The van der Waals surface area contributed by atoms with Crippen LogP contribution in [0.15, 0.2) is 36.4 Å². The molecule has 0 spiro atoms. The molecule has 0 unspecified atom stereocenters. The van der Waals surface area contributed by atoms with E-state index in [1.807, 2.05) is 17.6 Å². The van der Waals surface area contributed by atoms with E-state index in [2.05, 4.69) is 11.1 Å². The van der Waals surface area contributed by atoms with Gasteiger partial charge in [0.15, 0.2) is 4.77 Å². The molecule has 2 aromatic carbocycles. The van der Waals surface area contributed by atoms with Crippen molar-refractivity contribution in [2.45, 2.75) is 6.92 Å². The van der Waals surface area contributed by atoms with Gasteiger partial charge in [-0.05, 0) is 55.0 Å². The number of benzene rings is 2. The van der Waals surface area contributed by atoms with Gasteiger partial charge < -0.3 is 4.98 Å². The zero-order valence-electron chi connectivity index (χ0n) is 10.6. The zero-order valence-corrected chi connectivity index (χ0v) is 11.5. The number of aryl methyl sites for hydroxylation is 1. The molecule has 20 heavy (non-hydrogen) atoms. The highest BCUT2D eigenvalue weighted by atomic mass is 32.1. The number of hydrogen-bond acceptors (Lipinski definition) is 2. The molecule has 0 radical (unpaired) electrons. The van der Waals surface area contributed by atoms with Gasteiger partial charge in [0.25, 0.3) is 0 Å². The summed E-state index contributed by atoms with van der Waals surface area (Å²) < 4.78 is 15.5. The van der Waals surface area contributed by atoms with Crippen molar-refractivity contribution >= 4 is 23.3 Å². The normalized spacial score (nSPS) is 10.7. The lowest BCUT2D eigenvalue weighted by molar-refractivity contribution is 0.626. The number of aromatic nitrogens is 2. The molecule has 0 aliphatic heterocycles. The second kappa shape index (κ2) is 4.58. The molecule has 0 bridgehead atoms. The number of rotatable bonds is 1. The molecule has 0 fully saturated rings. The van der Waals surface area contributed by atoms with Gasteiger partial charge in [-0.3, -0.25) is 4.57 Å². The summed E-state index contributed by atoms with van der Waals surface area (Å²) in [6, 6.07) is 12.1. The molecule has 3 nitrogen and oxygen atoms in total. The van der Waals surface area contributed by atoms with Crippen LogP contribution in [0.2, 0.25) is 0 Å². The number of H-pyrrole nitrogens is 1. The van der Waals surface area contributed by atoms with Crippen LogP contribution in [-0.2, 0) is 0 Å². The van der Waals surface area contributed by atoms with Crippen LogP contribution in [0.3, 0.4) is 0 Å². The van der Waals surface area contributed by atoms with Crippen LogP contribution in [-0.4, -0.2) is 9.55 Å². The van der Waals surface area contributed by atoms with Gasteiger partial charge in [0.05, 0.1) is 22.3 Å². The molecule has 0 amide bonds. The van der Waals surface area contributed by atoms with Gasteiger partial charge in [-0.1, -0.05) is 6.07 Å². The molecule has 98 valence electrons. The van der Waals surface area contributed by atoms with Gasteiger partial charge in [0.1, 0.15) is 11.9 Å². The van der Waals surface area contributed by atoms with Crippen LogP contribution in [0.4, 0.5) is 4.39 Å². The average molecular weight is 283 g/mol. The standard InChI is InChI=1S/C15H10FN3S/c1-9-7-11(16)5-6-12(9)19-13-4-2-3-10(8-17)14(13)18-15(19)20/h2-7H,1H3,(H,18,20). The minimum absolute atomic E-state index is 0.282. The smallest absolute Gasteiger partial charge is 0.182 e. The molecule has 3 aromatic rings. The average Bonchev–Trinajstić information content (AvgIpc) is 2.75. The Bertz CT molecular complexity index is 915. The molecule has 0 atom stereocenters. The first kappa shape index (κ1) is 12.6. The van der Waals surface area contributed by atoms with E-state index in [9.17, 15) is 4.39 Å². The fourth-order valence-corrected chi connectivity index (χ4v) is 2.63. The number of hydrogen-bond donors (Lipinski definition) is 1. The largest absolute Gasteiger partial charge is 0.329 e. The highest BCUT2D eigenvalue weighted by Gasteiger charge is 2.11. The Kier molecular flexibility index (Phi) is 2.88. The molecule has 0 aliphatic carbocycles. The maximum absolute atomic E-state index is 13.2. The van der Waals surface area contributed by atoms with Crippen LogP contribution >= 0.6 is 12.2 Å². The Morgan fingerprint density at radius 3 is 2.80 bits per heavy atom. The summed E-state index contributed by atoms with van der Waals surface area (Å²) in [7, 11) is 0. The van der Waals surface area contributed by atoms with E-state index in [0.29, 0.717) is 15.9 Å². The lowest BCUT2D eigenvalue weighted by Gasteiger charge is -2.08. The van der Waals surface area contributed by atoms with Gasteiger partial charge in [-0.25, -0.2) is 4.39 Å². The summed E-state index contributed by atoms with van der Waals surface area (Å²) in [4.78, 5) is 3.05. The molecule has 1 N–H and O–H groups in total. The number of fused-ring (bicyclic) bond motifs is 1. The lowest BCUT2D eigenvalue weighted by atomic mass is 10.1. The molecule has 5 heteroatoms. The summed E-state index contributed by atoms with van der Waals surface area (Å²) in [5, 5.41) is 9.13. The number of aromatic amines is 1.